The van der Waals surface area contributed by atoms with E-state index in [4.69, 9.17) is 14.2 Å². The predicted octanol–water partition coefficient (Wildman–Crippen LogP) is 2.89. The molecule has 144 valence electrons. The highest BCUT2D eigenvalue weighted by atomic mass is 16.7. The van der Waals surface area contributed by atoms with Crippen molar-refractivity contribution in [2.24, 2.45) is 5.41 Å². The lowest BCUT2D eigenvalue weighted by molar-refractivity contribution is -0.343. The molecule has 0 aromatic rings. The maximum absolute atomic E-state index is 12.2. The van der Waals surface area contributed by atoms with Gasteiger partial charge in [0, 0.05) is 37.8 Å². The van der Waals surface area contributed by atoms with Crippen LogP contribution in [0.1, 0.15) is 67.7 Å². The van der Waals surface area contributed by atoms with Crippen LogP contribution in [0, 0.1) is 5.41 Å². The summed E-state index contributed by atoms with van der Waals surface area (Å²) in [5.74, 6) is -0.919. The highest BCUT2D eigenvalue weighted by Crippen LogP contribution is 2.49. The van der Waals surface area contributed by atoms with Gasteiger partial charge in [0.05, 0.1) is 18.6 Å². The molecule has 1 spiro atoms. The molecule has 0 aromatic carbocycles. The van der Waals surface area contributed by atoms with Gasteiger partial charge in [-0.1, -0.05) is 6.92 Å². The Hall–Kier alpha value is -1.14. The zero-order valence-electron chi connectivity index (χ0n) is 16.7. The van der Waals surface area contributed by atoms with Gasteiger partial charge >= 0.3 is 5.97 Å². The summed E-state index contributed by atoms with van der Waals surface area (Å²) < 4.78 is 17.8. The number of amides is 1. The van der Waals surface area contributed by atoms with Crippen LogP contribution in [0.3, 0.4) is 0 Å². The molecule has 0 unspecified atom stereocenters. The molecular weight excluding hydrogens is 322 g/mol. The zero-order valence-corrected chi connectivity index (χ0v) is 16.7. The number of carbonyl (C=O) groups excluding carboxylic acids is 2. The highest BCUT2D eigenvalue weighted by Gasteiger charge is 2.57. The van der Waals surface area contributed by atoms with Gasteiger partial charge in [-0.2, -0.15) is 0 Å². The number of piperidine rings is 1. The van der Waals surface area contributed by atoms with E-state index in [1.807, 2.05) is 4.90 Å². The van der Waals surface area contributed by atoms with E-state index in [0.717, 1.165) is 6.42 Å². The highest BCUT2D eigenvalue weighted by molar-refractivity contribution is 5.75. The van der Waals surface area contributed by atoms with Crippen molar-refractivity contribution in [2.75, 3.05) is 19.8 Å². The first-order valence-electron chi connectivity index (χ1n) is 9.09. The van der Waals surface area contributed by atoms with Gasteiger partial charge in [0.15, 0.2) is 5.79 Å². The van der Waals surface area contributed by atoms with Gasteiger partial charge in [-0.3, -0.25) is 9.59 Å². The van der Waals surface area contributed by atoms with E-state index in [9.17, 15) is 9.59 Å². The van der Waals surface area contributed by atoms with Crippen molar-refractivity contribution in [2.45, 2.75) is 84.6 Å². The molecule has 0 radical (unpaired) electrons. The van der Waals surface area contributed by atoms with Gasteiger partial charge in [-0.05, 0) is 34.1 Å². The Labute approximate surface area is 151 Å². The van der Waals surface area contributed by atoms with Crippen LogP contribution in [0.15, 0.2) is 0 Å². The molecule has 0 aromatic heterocycles. The third kappa shape index (κ3) is 4.00. The van der Waals surface area contributed by atoms with Crippen molar-refractivity contribution in [3.63, 3.8) is 0 Å². The lowest BCUT2D eigenvalue weighted by Gasteiger charge is -2.60. The fourth-order valence-corrected chi connectivity index (χ4v) is 4.71. The smallest absolute Gasteiger partial charge is 0.302 e. The molecular formula is C19H33NO5. The fraction of sp³-hybridized carbons (Fsp3) is 0.895. The van der Waals surface area contributed by atoms with Crippen LogP contribution in [-0.2, 0) is 23.8 Å². The number of nitrogens with zero attached hydrogens (tertiary/aromatic N) is 1. The van der Waals surface area contributed by atoms with Crippen LogP contribution < -0.4 is 0 Å². The van der Waals surface area contributed by atoms with Gasteiger partial charge in [0.2, 0.25) is 5.91 Å². The Kier molecular flexibility index (Phi) is 5.28. The minimum absolute atomic E-state index is 0.0680. The molecule has 2 saturated heterocycles. The summed E-state index contributed by atoms with van der Waals surface area (Å²) in [5.41, 5.74) is -1.03. The second-order valence-corrected chi connectivity index (χ2v) is 8.95. The summed E-state index contributed by atoms with van der Waals surface area (Å²) in [5, 5.41) is 0. The number of carbonyl (C=O) groups is 2. The van der Waals surface area contributed by atoms with Gasteiger partial charge in [0.1, 0.15) is 6.61 Å². The van der Waals surface area contributed by atoms with Crippen molar-refractivity contribution in [3.05, 3.63) is 0 Å². The summed E-state index contributed by atoms with van der Waals surface area (Å²) in [7, 11) is 0. The molecule has 6 nitrogen and oxygen atoms in total. The average Bonchev–Trinajstić information content (AvgIpc) is 2.43. The Morgan fingerprint density at radius 1 is 1.00 bits per heavy atom. The van der Waals surface area contributed by atoms with E-state index in [1.54, 1.807) is 6.92 Å². The lowest BCUT2D eigenvalue weighted by atomic mass is 9.74. The van der Waals surface area contributed by atoms with Crippen LogP contribution >= 0.6 is 0 Å². The molecule has 0 saturated carbocycles. The summed E-state index contributed by atoms with van der Waals surface area (Å²) in [6.45, 7) is 14.6. The SMILES string of the molecule is CCC1(COC(C)=O)COC2(CC(C)(C)N(C(C)=O)C(C)(C)C2)OC1. The lowest BCUT2D eigenvalue weighted by Crippen LogP contribution is -2.69. The Morgan fingerprint density at radius 2 is 1.48 bits per heavy atom. The Morgan fingerprint density at radius 3 is 1.84 bits per heavy atom. The van der Waals surface area contributed by atoms with Crippen LogP contribution in [0.5, 0.6) is 0 Å². The van der Waals surface area contributed by atoms with Crippen LogP contribution in [0.4, 0.5) is 0 Å². The van der Waals surface area contributed by atoms with Crippen molar-refractivity contribution < 1.29 is 23.8 Å². The number of likely N-dealkylation sites (tertiary alicyclic amines) is 1. The Balaban J connectivity index is 2.17. The standard InChI is InChI=1S/C19H33NO5/c1-8-18(11-23-15(3)22)12-24-19(25-13-18)9-16(4,5)20(14(2)21)17(6,7)10-19/h8-13H2,1-7H3. The van der Waals surface area contributed by atoms with E-state index < -0.39 is 5.79 Å². The number of hydrogen-bond donors (Lipinski definition) is 0. The van der Waals surface area contributed by atoms with Gasteiger partial charge < -0.3 is 19.1 Å². The first kappa shape index (κ1) is 20.2. The second kappa shape index (κ2) is 6.54. The molecule has 0 bridgehead atoms. The zero-order chi connectivity index (χ0) is 19.1. The number of ether oxygens (including phenoxy) is 3. The summed E-state index contributed by atoms with van der Waals surface area (Å²) in [4.78, 5) is 25.3. The maximum atomic E-state index is 12.2. The van der Waals surface area contributed by atoms with Gasteiger partial charge in [-0.15, -0.1) is 0 Å². The first-order chi connectivity index (χ1) is 11.4. The molecule has 0 N–H and O–H groups in total. The van der Waals surface area contributed by atoms with E-state index in [1.165, 1.54) is 6.92 Å². The molecule has 0 atom stereocenters. The van der Waals surface area contributed by atoms with Crippen LogP contribution in [0.25, 0.3) is 0 Å². The first-order valence-corrected chi connectivity index (χ1v) is 9.09. The molecule has 2 aliphatic heterocycles. The molecule has 25 heavy (non-hydrogen) atoms. The van der Waals surface area contributed by atoms with E-state index in [0.29, 0.717) is 32.7 Å². The van der Waals surface area contributed by atoms with Gasteiger partial charge in [0.25, 0.3) is 0 Å². The molecule has 2 rings (SSSR count). The van der Waals surface area contributed by atoms with Crippen LogP contribution in [-0.4, -0.2) is 53.5 Å². The topological polar surface area (TPSA) is 65.1 Å². The number of rotatable bonds is 3. The fourth-order valence-electron chi connectivity index (χ4n) is 4.71. The summed E-state index contributed by atoms with van der Waals surface area (Å²) in [6, 6.07) is 0. The minimum atomic E-state index is -0.701. The molecule has 0 aliphatic carbocycles. The van der Waals surface area contributed by atoms with Gasteiger partial charge in [-0.25, -0.2) is 0 Å². The third-order valence-electron chi connectivity index (χ3n) is 5.54. The van der Waals surface area contributed by atoms with E-state index >= 15 is 0 Å². The third-order valence-corrected chi connectivity index (χ3v) is 5.54. The average molecular weight is 355 g/mol. The van der Waals surface area contributed by atoms with Crippen molar-refractivity contribution in [1.82, 2.24) is 4.90 Å². The molecule has 2 heterocycles. The predicted molar refractivity (Wildman–Crippen MR) is 93.9 cm³/mol. The van der Waals surface area contributed by atoms with E-state index in [-0.39, 0.29) is 28.4 Å². The largest absolute Gasteiger partial charge is 0.465 e. The van der Waals surface area contributed by atoms with Crippen molar-refractivity contribution in [3.8, 4) is 0 Å². The number of esters is 1. The number of hydrogen-bond acceptors (Lipinski definition) is 5. The maximum Gasteiger partial charge on any atom is 0.302 e. The monoisotopic (exact) mass is 355 g/mol. The second-order valence-electron chi connectivity index (χ2n) is 8.95. The van der Waals surface area contributed by atoms with Crippen molar-refractivity contribution in [1.29, 1.82) is 0 Å². The molecule has 2 aliphatic rings. The normalized spacial score (nSPS) is 26.3. The van der Waals surface area contributed by atoms with E-state index in [2.05, 4.69) is 34.6 Å². The van der Waals surface area contributed by atoms with Crippen molar-refractivity contribution >= 4 is 11.9 Å². The summed E-state index contributed by atoms with van der Waals surface area (Å²) >= 11 is 0. The molecule has 6 heteroatoms. The molecule has 2 fully saturated rings. The Bertz CT molecular complexity index is 512. The summed E-state index contributed by atoms with van der Waals surface area (Å²) in [6.07, 6.45) is 2.05. The quantitative estimate of drug-likeness (QED) is 0.728. The van der Waals surface area contributed by atoms with Crippen LogP contribution in [0.2, 0.25) is 0 Å². The molecule has 1 amide bonds. The minimum Gasteiger partial charge on any atom is -0.465 e.